The molecule has 0 spiro atoms. The van der Waals surface area contributed by atoms with Crippen molar-refractivity contribution in [3.8, 4) is 0 Å². The molecule has 2 heterocycles. The number of pyridine rings is 1. The van der Waals surface area contributed by atoms with Crippen LogP contribution in [0.25, 0.3) is 0 Å². The Morgan fingerprint density at radius 1 is 1.50 bits per heavy atom. The number of thiocarbonyl (C=S) groups is 1. The molecule has 0 bridgehead atoms. The molecule has 0 aliphatic carbocycles. The fourth-order valence-corrected chi connectivity index (χ4v) is 2.43. The largest absolute Gasteiger partial charge is 0.388 e. The molecule has 0 amide bonds. The first-order valence-electron chi connectivity index (χ1n) is 6.40. The Bertz CT molecular complexity index is 398. The van der Waals surface area contributed by atoms with E-state index in [1.54, 1.807) is 6.20 Å². The number of nitrogens with two attached hydrogens (primary N) is 1. The maximum Gasteiger partial charge on any atom is 0.122 e. The van der Waals surface area contributed by atoms with Gasteiger partial charge in [-0.05, 0) is 45.0 Å². The van der Waals surface area contributed by atoms with Crippen molar-refractivity contribution in [3.05, 3.63) is 24.0 Å². The van der Waals surface area contributed by atoms with E-state index in [0.717, 1.165) is 12.2 Å². The molecule has 1 aromatic rings. The predicted molar refractivity (Wildman–Crippen MR) is 78.9 cm³/mol. The Hall–Kier alpha value is -1.20. The van der Waals surface area contributed by atoms with Gasteiger partial charge in [0.1, 0.15) is 4.99 Å². The van der Waals surface area contributed by atoms with E-state index in [1.165, 1.54) is 25.9 Å². The number of nitrogens with one attached hydrogen (secondary N) is 1. The topological polar surface area (TPSA) is 54.2 Å². The molecule has 4 nitrogen and oxygen atoms in total. The van der Waals surface area contributed by atoms with Gasteiger partial charge in [-0.1, -0.05) is 12.2 Å². The van der Waals surface area contributed by atoms with E-state index in [2.05, 4.69) is 22.1 Å². The van der Waals surface area contributed by atoms with Gasteiger partial charge < -0.3 is 16.0 Å². The van der Waals surface area contributed by atoms with Gasteiger partial charge in [-0.15, -0.1) is 0 Å². The van der Waals surface area contributed by atoms with Gasteiger partial charge in [0.15, 0.2) is 0 Å². The minimum atomic E-state index is 0.340. The highest BCUT2D eigenvalue weighted by Gasteiger charge is 2.14. The van der Waals surface area contributed by atoms with Crippen molar-refractivity contribution in [3.63, 3.8) is 0 Å². The van der Waals surface area contributed by atoms with Gasteiger partial charge in [0, 0.05) is 12.6 Å². The van der Waals surface area contributed by atoms with E-state index in [-0.39, 0.29) is 0 Å². The molecule has 1 unspecified atom stereocenters. The zero-order valence-corrected chi connectivity index (χ0v) is 11.5. The lowest BCUT2D eigenvalue weighted by atomic mass is 10.2. The van der Waals surface area contributed by atoms with Crippen molar-refractivity contribution in [1.29, 1.82) is 0 Å². The molecule has 1 fully saturated rings. The summed E-state index contributed by atoms with van der Waals surface area (Å²) in [7, 11) is 0. The molecule has 5 heteroatoms. The summed E-state index contributed by atoms with van der Waals surface area (Å²) < 4.78 is 0. The lowest BCUT2D eigenvalue weighted by molar-refractivity contribution is 0.328. The van der Waals surface area contributed by atoms with Crippen molar-refractivity contribution >= 4 is 22.9 Å². The minimum Gasteiger partial charge on any atom is -0.388 e. The van der Waals surface area contributed by atoms with Crippen molar-refractivity contribution in [2.24, 2.45) is 5.73 Å². The van der Waals surface area contributed by atoms with Crippen molar-refractivity contribution < 1.29 is 0 Å². The van der Waals surface area contributed by atoms with Crippen LogP contribution in [0.15, 0.2) is 18.3 Å². The fourth-order valence-electron chi connectivity index (χ4n) is 2.31. The second-order valence-electron chi connectivity index (χ2n) is 4.85. The van der Waals surface area contributed by atoms with E-state index in [9.17, 15) is 0 Å². The van der Waals surface area contributed by atoms with Crippen LogP contribution in [0.1, 0.15) is 25.5 Å². The molecule has 1 aromatic heterocycles. The molecule has 1 aliphatic heterocycles. The molecule has 18 heavy (non-hydrogen) atoms. The smallest absolute Gasteiger partial charge is 0.122 e. The molecule has 98 valence electrons. The number of likely N-dealkylation sites (tertiary alicyclic amines) is 1. The summed E-state index contributed by atoms with van der Waals surface area (Å²) in [6, 6.07) is 4.25. The summed E-state index contributed by atoms with van der Waals surface area (Å²) in [5.74, 6) is 0. The monoisotopic (exact) mass is 264 g/mol. The summed E-state index contributed by atoms with van der Waals surface area (Å²) in [6.45, 7) is 5.73. The first kappa shape index (κ1) is 13.2. The van der Waals surface area contributed by atoms with Gasteiger partial charge in [0.05, 0.1) is 17.6 Å². The SMILES string of the molecule is CC(CN1CCCC1)Nc1ccc(C(N)=S)nc1. The van der Waals surface area contributed by atoms with E-state index in [1.807, 2.05) is 12.1 Å². The van der Waals surface area contributed by atoms with E-state index < -0.39 is 0 Å². The first-order chi connectivity index (χ1) is 8.65. The van der Waals surface area contributed by atoms with Crippen LogP contribution in [-0.4, -0.2) is 40.5 Å². The number of hydrogen-bond donors (Lipinski definition) is 2. The molecular formula is C13H20N4S. The highest BCUT2D eigenvalue weighted by molar-refractivity contribution is 7.80. The fraction of sp³-hybridized carbons (Fsp3) is 0.538. The van der Waals surface area contributed by atoms with Crippen LogP contribution in [0.5, 0.6) is 0 Å². The lowest BCUT2D eigenvalue weighted by Gasteiger charge is -2.21. The average molecular weight is 264 g/mol. The molecule has 1 aliphatic rings. The third-order valence-corrected chi connectivity index (χ3v) is 3.37. The summed E-state index contributed by atoms with van der Waals surface area (Å²) in [4.78, 5) is 7.05. The second-order valence-corrected chi connectivity index (χ2v) is 5.29. The number of rotatable bonds is 5. The quantitative estimate of drug-likeness (QED) is 0.791. The molecule has 0 radical (unpaired) electrons. The van der Waals surface area contributed by atoms with Gasteiger partial charge in [0.25, 0.3) is 0 Å². The molecular weight excluding hydrogens is 244 g/mol. The van der Waals surface area contributed by atoms with Crippen molar-refractivity contribution in [1.82, 2.24) is 9.88 Å². The summed E-state index contributed by atoms with van der Waals surface area (Å²) in [5.41, 5.74) is 7.20. The van der Waals surface area contributed by atoms with Gasteiger partial charge in [-0.25, -0.2) is 0 Å². The third-order valence-electron chi connectivity index (χ3n) is 3.16. The van der Waals surface area contributed by atoms with Crippen molar-refractivity contribution in [2.45, 2.75) is 25.8 Å². The maximum atomic E-state index is 5.52. The van der Waals surface area contributed by atoms with Crippen LogP contribution >= 0.6 is 12.2 Å². The highest BCUT2D eigenvalue weighted by atomic mass is 32.1. The Morgan fingerprint density at radius 2 is 2.22 bits per heavy atom. The van der Waals surface area contributed by atoms with Gasteiger partial charge in [-0.3, -0.25) is 4.98 Å². The van der Waals surface area contributed by atoms with Gasteiger partial charge in [-0.2, -0.15) is 0 Å². The first-order valence-corrected chi connectivity index (χ1v) is 6.81. The number of anilines is 1. The summed E-state index contributed by atoms with van der Waals surface area (Å²) in [5, 5.41) is 3.45. The van der Waals surface area contributed by atoms with Crippen LogP contribution in [0.3, 0.4) is 0 Å². The van der Waals surface area contributed by atoms with Crippen LogP contribution in [0, 0.1) is 0 Å². The molecule has 0 saturated carbocycles. The van der Waals surface area contributed by atoms with Crippen LogP contribution < -0.4 is 11.1 Å². The number of nitrogens with zero attached hydrogens (tertiary/aromatic N) is 2. The van der Waals surface area contributed by atoms with Crippen LogP contribution in [0.4, 0.5) is 5.69 Å². The second kappa shape index (κ2) is 6.11. The zero-order valence-electron chi connectivity index (χ0n) is 10.7. The molecule has 3 N–H and O–H groups in total. The van der Waals surface area contributed by atoms with Crippen molar-refractivity contribution in [2.75, 3.05) is 25.0 Å². The van der Waals surface area contributed by atoms with Gasteiger partial charge >= 0.3 is 0 Å². The average Bonchev–Trinajstić information content (AvgIpc) is 2.82. The Morgan fingerprint density at radius 3 is 2.78 bits per heavy atom. The predicted octanol–water partition coefficient (Wildman–Crippen LogP) is 1.61. The van der Waals surface area contributed by atoms with Crippen LogP contribution in [-0.2, 0) is 0 Å². The molecule has 1 atom stereocenters. The number of hydrogen-bond acceptors (Lipinski definition) is 4. The number of aromatic nitrogens is 1. The normalized spacial score (nSPS) is 17.6. The van der Waals surface area contributed by atoms with E-state index in [4.69, 9.17) is 18.0 Å². The summed E-state index contributed by atoms with van der Waals surface area (Å²) in [6.07, 6.45) is 4.45. The Kier molecular flexibility index (Phi) is 4.49. The van der Waals surface area contributed by atoms with Crippen LogP contribution in [0.2, 0.25) is 0 Å². The standard InChI is InChI=1S/C13H20N4S/c1-10(9-17-6-2-3-7-17)16-11-4-5-12(13(14)18)15-8-11/h4-5,8,10,16H,2-3,6-7,9H2,1H3,(H2,14,18). The zero-order chi connectivity index (χ0) is 13.0. The molecule has 0 aromatic carbocycles. The Balaban J connectivity index is 1.86. The summed E-state index contributed by atoms with van der Waals surface area (Å²) >= 11 is 4.88. The van der Waals surface area contributed by atoms with Gasteiger partial charge in [0.2, 0.25) is 0 Å². The third kappa shape index (κ3) is 3.65. The Labute approximate surface area is 114 Å². The highest BCUT2D eigenvalue weighted by Crippen LogP contribution is 2.11. The van der Waals surface area contributed by atoms with E-state index in [0.29, 0.717) is 16.7 Å². The maximum absolute atomic E-state index is 5.52. The molecule has 1 saturated heterocycles. The molecule has 2 rings (SSSR count). The van der Waals surface area contributed by atoms with E-state index >= 15 is 0 Å². The minimum absolute atomic E-state index is 0.340. The lowest BCUT2D eigenvalue weighted by Crippen LogP contribution is -2.33.